The molecule has 144 valence electrons. The second kappa shape index (κ2) is 9.32. The molecule has 0 radical (unpaired) electrons. The maximum atomic E-state index is 13.4. The largest absolute Gasteiger partial charge is 0.493 e. The molecular weight excluding hydrogens is 369 g/mol. The van der Waals surface area contributed by atoms with Gasteiger partial charge in [0.05, 0.1) is 7.11 Å². The number of carbonyl (C=O) groups is 2. The Morgan fingerprint density at radius 1 is 1.04 bits per heavy atom. The summed E-state index contributed by atoms with van der Waals surface area (Å²) in [5.74, 6) is -2.55. The van der Waals surface area contributed by atoms with E-state index in [1.54, 1.807) is 0 Å². The van der Waals surface area contributed by atoms with E-state index in [2.05, 4.69) is 15.6 Å². The lowest BCUT2D eigenvalue weighted by Gasteiger charge is -2.12. The van der Waals surface area contributed by atoms with Gasteiger partial charge in [-0.1, -0.05) is 12.1 Å². The van der Waals surface area contributed by atoms with Crippen LogP contribution in [0.25, 0.3) is 0 Å². The topological polar surface area (TPSA) is 85.9 Å². The molecule has 2 aromatic rings. The molecule has 0 aliphatic heterocycles. The third-order valence-electron chi connectivity index (χ3n) is 3.15. The van der Waals surface area contributed by atoms with E-state index in [-0.39, 0.29) is 22.8 Å². The first-order valence-corrected chi connectivity index (χ1v) is 7.50. The fraction of sp³-hybridized carbons (Fsp3) is 0.176. The Morgan fingerprint density at radius 2 is 1.78 bits per heavy atom. The number of hydrogen-bond donors (Lipinski definition) is 2. The van der Waals surface area contributed by atoms with Crippen molar-refractivity contribution in [2.24, 2.45) is 0 Å². The Kier molecular flexibility index (Phi) is 6.86. The molecule has 0 atom stereocenters. The van der Waals surface area contributed by atoms with Crippen molar-refractivity contribution in [3.8, 4) is 17.2 Å². The van der Waals surface area contributed by atoms with E-state index in [1.165, 1.54) is 37.4 Å². The number of para-hydroxylation sites is 1. The normalized spacial score (nSPS) is 10.3. The van der Waals surface area contributed by atoms with Gasteiger partial charge in [0.25, 0.3) is 11.8 Å². The van der Waals surface area contributed by atoms with Gasteiger partial charge >= 0.3 is 6.61 Å². The number of hydrazine groups is 1. The molecule has 0 spiro atoms. The second-order valence-electron chi connectivity index (χ2n) is 4.97. The van der Waals surface area contributed by atoms with Gasteiger partial charge in [-0.2, -0.15) is 8.78 Å². The van der Waals surface area contributed by atoms with Gasteiger partial charge in [0.15, 0.2) is 29.7 Å². The highest BCUT2D eigenvalue weighted by molar-refractivity contribution is 5.96. The Balaban J connectivity index is 1.89. The number of rotatable bonds is 7. The lowest BCUT2D eigenvalue weighted by molar-refractivity contribution is -0.123. The van der Waals surface area contributed by atoms with E-state index in [0.717, 1.165) is 12.1 Å². The molecule has 27 heavy (non-hydrogen) atoms. The SMILES string of the molecule is COc1cc(C(=O)NNC(=O)COc2ccccc2F)ccc1OC(F)F. The molecule has 2 rings (SSSR count). The van der Waals surface area contributed by atoms with Crippen molar-refractivity contribution in [1.29, 1.82) is 0 Å². The summed E-state index contributed by atoms with van der Waals surface area (Å²) < 4.78 is 52.0. The second-order valence-corrected chi connectivity index (χ2v) is 4.97. The number of carbonyl (C=O) groups excluding carboxylic acids is 2. The number of ether oxygens (including phenoxy) is 3. The number of alkyl halides is 2. The van der Waals surface area contributed by atoms with Crippen LogP contribution in [-0.2, 0) is 4.79 Å². The highest BCUT2D eigenvalue weighted by Crippen LogP contribution is 2.29. The Labute approximate surface area is 152 Å². The predicted octanol–water partition coefficient (Wildman–Crippen LogP) is 2.28. The summed E-state index contributed by atoms with van der Waals surface area (Å²) in [6.07, 6.45) is 0. The molecule has 7 nitrogen and oxygen atoms in total. The van der Waals surface area contributed by atoms with Gasteiger partial charge in [-0.25, -0.2) is 4.39 Å². The third kappa shape index (κ3) is 5.80. The van der Waals surface area contributed by atoms with Crippen molar-refractivity contribution in [2.75, 3.05) is 13.7 Å². The molecule has 0 heterocycles. The lowest BCUT2D eigenvalue weighted by Crippen LogP contribution is -2.43. The van der Waals surface area contributed by atoms with Crippen molar-refractivity contribution in [3.05, 3.63) is 53.8 Å². The summed E-state index contributed by atoms with van der Waals surface area (Å²) >= 11 is 0. The van der Waals surface area contributed by atoms with Crippen LogP contribution < -0.4 is 25.1 Å². The number of nitrogens with one attached hydrogen (secondary N) is 2. The summed E-state index contributed by atoms with van der Waals surface area (Å²) in [6, 6.07) is 9.01. The molecule has 0 aliphatic rings. The molecule has 2 amide bonds. The maximum absolute atomic E-state index is 13.4. The van der Waals surface area contributed by atoms with Crippen LogP contribution in [0.4, 0.5) is 13.2 Å². The van der Waals surface area contributed by atoms with Crippen LogP contribution in [0.1, 0.15) is 10.4 Å². The number of halogens is 3. The zero-order valence-electron chi connectivity index (χ0n) is 14.0. The van der Waals surface area contributed by atoms with Gasteiger partial charge < -0.3 is 14.2 Å². The summed E-state index contributed by atoms with van der Waals surface area (Å²) in [5.41, 5.74) is 4.20. The first-order chi connectivity index (χ1) is 12.9. The fourth-order valence-electron chi connectivity index (χ4n) is 1.94. The van der Waals surface area contributed by atoms with Crippen LogP contribution in [0, 0.1) is 5.82 Å². The molecule has 10 heteroatoms. The van der Waals surface area contributed by atoms with Crippen LogP contribution in [0.5, 0.6) is 17.2 Å². The minimum absolute atomic E-state index is 0.0174. The first-order valence-electron chi connectivity index (χ1n) is 7.50. The van der Waals surface area contributed by atoms with Crippen molar-refractivity contribution in [2.45, 2.75) is 6.61 Å². The monoisotopic (exact) mass is 384 g/mol. The lowest BCUT2D eigenvalue weighted by atomic mass is 10.2. The van der Waals surface area contributed by atoms with Gasteiger partial charge in [-0.15, -0.1) is 0 Å². The van der Waals surface area contributed by atoms with Crippen LogP contribution in [-0.4, -0.2) is 32.1 Å². The molecule has 0 bridgehead atoms. The summed E-state index contributed by atoms with van der Waals surface area (Å²) in [5, 5.41) is 0. The van der Waals surface area contributed by atoms with E-state index in [0.29, 0.717) is 0 Å². The number of methoxy groups -OCH3 is 1. The number of amides is 2. The van der Waals surface area contributed by atoms with Gasteiger partial charge in [0.1, 0.15) is 0 Å². The minimum Gasteiger partial charge on any atom is -0.493 e. The van der Waals surface area contributed by atoms with Crippen molar-refractivity contribution in [1.82, 2.24) is 10.9 Å². The van der Waals surface area contributed by atoms with Gasteiger partial charge in [-0.05, 0) is 30.3 Å². The fourth-order valence-corrected chi connectivity index (χ4v) is 1.94. The molecule has 0 saturated heterocycles. The Hall–Kier alpha value is -3.43. The van der Waals surface area contributed by atoms with Crippen LogP contribution in [0.3, 0.4) is 0 Å². The molecule has 0 aromatic heterocycles. The zero-order valence-corrected chi connectivity index (χ0v) is 14.0. The summed E-state index contributed by atoms with van der Waals surface area (Å²) in [6.45, 7) is -3.58. The van der Waals surface area contributed by atoms with Crippen molar-refractivity contribution >= 4 is 11.8 Å². The first kappa shape index (κ1) is 19.9. The predicted molar refractivity (Wildman–Crippen MR) is 87.1 cm³/mol. The third-order valence-corrected chi connectivity index (χ3v) is 3.15. The van der Waals surface area contributed by atoms with Crippen molar-refractivity contribution < 1.29 is 37.0 Å². The quantitative estimate of drug-likeness (QED) is 0.716. The average molecular weight is 384 g/mol. The van der Waals surface area contributed by atoms with Crippen molar-refractivity contribution in [3.63, 3.8) is 0 Å². The maximum Gasteiger partial charge on any atom is 0.387 e. The average Bonchev–Trinajstić information content (AvgIpc) is 2.65. The van der Waals surface area contributed by atoms with Crippen LogP contribution in [0.2, 0.25) is 0 Å². The highest BCUT2D eigenvalue weighted by Gasteiger charge is 2.15. The van der Waals surface area contributed by atoms with Gasteiger partial charge in [0.2, 0.25) is 0 Å². The van der Waals surface area contributed by atoms with E-state index >= 15 is 0 Å². The standard InChI is InChI=1S/C17H15F3N2O5/c1-25-14-8-10(6-7-13(14)27-17(19)20)16(24)22-21-15(23)9-26-12-5-3-2-4-11(12)18/h2-8,17H,9H2,1H3,(H,21,23)(H,22,24). The summed E-state index contributed by atoms with van der Waals surface area (Å²) in [4.78, 5) is 23.7. The minimum atomic E-state index is -3.05. The van der Waals surface area contributed by atoms with E-state index < -0.39 is 30.8 Å². The molecule has 0 fully saturated rings. The molecule has 2 N–H and O–H groups in total. The number of hydrogen-bond acceptors (Lipinski definition) is 5. The molecular formula is C17H15F3N2O5. The molecule has 0 unspecified atom stereocenters. The smallest absolute Gasteiger partial charge is 0.387 e. The van der Waals surface area contributed by atoms with Crippen LogP contribution in [0.15, 0.2) is 42.5 Å². The van der Waals surface area contributed by atoms with Gasteiger partial charge in [-0.3, -0.25) is 20.4 Å². The molecule has 2 aromatic carbocycles. The van der Waals surface area contributed by atoms with Gasteiger partial charge in [0, 0.05) is 5.56 Å². The number of benzene rings is 2. The van der Waals surface area contributed by atoms with E-state index in [1.807, 2.05) is 0 Å². The molecule has 0 aliphatic carbocycles. The van der Waals surface area contributed by atoms with E-state index in [9.17, 15) is 22.8 Å². The van der Waals surface area contributed by atoms with Crippen LogP contribution >= 0.6 is 0 Å². The zero-order chi connectivity index (χ0) is 19.8. The summed E-state index contributed by atoms with van der Waals surface area (Å²) in [7, 11) is 1.22. The Bertz CT molecular complexity index is 817. The highest BCUT2D eigenvalue weighted by atomic mass is 19.3. The Morgan fingerprint density at radius 3 is 2.44 bits per heavy atom. The van der Waals surface area contributed by atoms with E-state index in [4.69, 9.17) is 9.47 Å². The molecule has 0 saturated carbocycles.